The minimum absolute atomic E-state index is 0.0697. The Kier molecular flexibility index (Phi) is 6.69. The van der Waals surface area contributed by atoms with Gasteiger partial charge < -0.3 is 9.80 Å². The molecule has 1 unspecified atom stereocenters. The Morgan fingerprint density at radius 1 is 0.688 bits per heavy atom. The minimum atomic E-state index is 0.0697. The first-order valence-corrected chi connectivity index (χ1v) is 11.6. The van der Waals surface area contributed by atoms with Crippen molar-refractivity contribution in [3.8, 4) is 0 Å². The lowest BCUT2D eigenvalue weighted by atomic mass is 10.2. The van der Waals surface area contributed by atoms with Crippen molar-refractivity contribution >= 4 is 34.0 Å². The Labute approximate surface area is 191 Å². The van der Waals surface area contributed by atoms with Crippen LogP contribution in [-0.4, -0.2) is 16.1 Å². The van der Waals surface area contributed by atoms with Crippen LogP contribution in [-0.2, 0) is 0 Å². The molecule has 4 aromatic rings. The molecule has 0 saturated carbocycles. The summed E-state index contributed by atoms with van der Waals surface area (Å²) in [6, 6.07) is 26.9. The molecule has 0 spiro atoms. The Balaban J connectivity index is 0.000000444. The van der Waals surface area contributed by atoms with Gasteiger partial charge in [0, 0.05) is 11.4 Å². The predicted octanol–water partition coefficient (Wildman–Crippen LogP) is 7.77. The molecule has 0 N–H and O–H groups in total. The minimum Gasteiger partial charge on any atom is -0.302 e. The standard InChI is InChI=1S/C23H20N4.C5H12/c1-16-10-6-9-15-21(16)27-17(2)26(18-11-4-3-5-12-18)22-23(27)25-20-14-8-7-13-19(20)24-22;1-3-5-4-2/h3-15,17H,1-2H3;3-5H2,1-2H3. The fraction of sp³-hybridized carbons (Fsp3) is 0.286. The van der Waals surface area contributed by atoms with E-state index in [0.29, 0.717) is 0 Å². The van der Waals surface area contributed by atoms with Gasteiger partial charge in [0.05, 0.1) is 11.0 Å². The Bertz CT molecular complexity index is 1170. The maximum Gasteiger partial charge on any atom is 0.179 e. The van der Waals surface area contributed by atoms with Crippen LogP contribution in [0.4, 0.5) is 23.0 Å². The van der Waals surface area contributed by atoms with Gasteiger partial charge in [-0.25, -0.2) is 9.97 Å². The number of para-hydroxylation sites is 4. The van der Waals surface area contributed by atoms with Gasteiger partial charge >= 0.3 is 0 Å². The second-order valence-electron chi connectivity index (χ2n) is 8.21. The molecule has 1 aliphatic heterocycles. The number of aromatic nitrogens is 2. The lowest BCUT2D eigenvalue weighted by Gasteiger charge is -2.30. The number of hydrogen-bond acceptors (Lipinski definition) is 4. The molecule has 1 aliphatic rings. The molecular formula is C28H32N4. The molecule has 4 heteroatoms. The molecule has 1 aromatic heterocycles. The first-order chi connectivity index (χ1) is 15.7. The van der Waals surface area contributed by atoms with Crippen LogP contribution in [0.25, 0.3) is 11.0 Å². The Morgan fingerprint density at radius 2 is 1.22 bits per heavy atom. The van der Waals surface area contributed by atoms with Crippen LogP contribution >= 0.6 is 0 Å². The van der Waals surface area contributed by atoms with Crippen molar-refractivity contribution in [2.24, 2.45) is 0 Å². The Morgan fingerprint density at radius 3 is 1.78 bits per heavy atom. The number of benzene rings is 3. The highest BCUT2D eigenvalue weighted by Crippen LogP contribution is 2.46. The SMILES string of the molecule is CCCCC.Cc1ccccc1N1c2nc3ccccc3nc2N(c2ccccc2)C1C. The molecule has 0 radical (unpaired) electrons. The topological polar surface area (TPSA) is 32.3 Å². The number of aryl methyl sites for hydroxylation is 1. The van der Waals surface area contributed by atoms with E-state index in [9.17, 15) is 0 Å². The molecule has 5 rings (SSSR count). The third-order valence-electron chi connectivity index (χ3n) is 5.85. The summed E-state index contributed by atoms with van der Waals surface area (Å²) in [5.41, 5.74) is 5.33. The van der Waals surface area contributed by atoms with Crippen molar-refractivity contribution in [1.82, 2.24) is 9.97 Å². The quantitative estimate of drug-likeness (QED) is 0.335. The highest BCUT2D eigenvalue weighted by atomic mass is 15.5. The summed E-state index contributed by atoms with van der Waals surface area (Å²) >= 11 is 0. The normalized spacial score (nSPS) is 14.8. The van der Waals surface area contributed by atoms with Gasteiger partial charge in [0.15, 0.2) is 11.6 Å². The van der Waals surface area contributed by atoms with Crippen molar-refractivity contribution in [3.63, 3.8) is 0 Å². The average Bonchev–Trinajstić information content (AvgIpc) is 3.10. The smallest absolute Gasteiger partial charge is 0.179 e. The maximum absolute atomic E-state index is 5.00. The van der Waals surface area contributed by atoms with Crippen LogP contribution in [0, 0.1) is 6.92 Å². The molecule has 0 fully saturated rings. The predicted molar refractivity (Wildman–Crippen MR) is 136 cm³/mol. The lowest BCUT2D eigenvalue weighted by molar-refractivity contribution is 0.753. The highest BCUT2D eigenvalue weighted by molar-refractivity contribution is 5.89. The van der Waals surface area contributed by atoms with E-state index in [2.05, 4.69) is 86.0 Å². The fourth-order valence-corrected chi connectivity index (χ4v) is 4.20. The monoisotopic (exact) mass is 424 g/mol. The van der Waals surface area contributed by atoms with E-state index in [1.54, 1.807) is 0 Å². The zero-order valence-electron chi connectivity index (χ0n) is 19.5. The van der Waals surface area contributed by atoms with Crippen LogP contribution in [0.15, 0.2) is 78.9 Å². The second kappa shape index (κ2) is 9.82. The van der Waals surface area contributed by atoms with E-state index < -0.39 is 0 Å². The van der Waals surface area contributed by atoms with Gasteiger partial charge in [-0.1, -0.05) is 81.6 Å². The van der Waals surface area contributed by atoms with Crippen molar-refractivity contribution in [3.05, 3.63) is 84.4 Å². The van der Waals surface area contributed by atoms with Gasteiger partial charge in [0.2, 0.25) is 0 Å². The molecule has 164 valence electrons. The van der Waals surface area contributed by atoms with E-state index in [4.69, 9.17) is 9.97 Å². The summed E-state index contributed by atoms with van der Waals surface area (Å²) in [6.45, 7) is 8.77. The van der Waals surface area contributed by atoms with Crippen molar-refractivity contribution in [1.29, 1.82) is 0 Å². The lowest BCUT2D eigenvalue weighted by Crippen LogP contribution is -2.35. The van der Waals surface area contributed by atoms with Crippen molar-refractivity contribution in [2.45, 2.75) is 53.1 Å². The van der Waals surface area contributed by atoms with Gasteiger partial charge in [0.1, 0.15) is 6.17 Å². The molecule has 0 saturated heterocycles. The first-order valence-electron chi connectivity index (χ1n) is 11.6. The summed E-state index contributed by atoms with van der Waals surface area (Å²) in [5, 5.41) is 0. The van der Waals surface area contributed by atoms with Gasteiger partial charge in [-0.05, 0) is 49.7 Å². The number of rotatable bonds is 4. The van der Waals surface area contributed by atoms with E-state index in [1.165, 1.54) is 24.8 Å². The van der Waals surface area contributed by atoms with Crippen molar-refractivity contribution < 1.29 is 0 Å². The number of hydrogen-bond donors (Lipinski definition) is 0. The summed E-state index contributed by atoms with van der Waals surface area (Å²) in [4.78, 5) is 14.5. The van der Waals surface area contributed by atoms with Crippen LogP contribution < -0.4 is 9.80 Å². The third-order valence-corrected chi connectivity index (χ3v) is 5.85. The Hall–Kier alpha value is -3.40. The van der Waals surface area contributed by atoms with Gasteiger partial charge in [0.25, 0.3) is 0 Å². The van der Waals surface area contributed by atoms with Gasteiger partial charge in [-0.15, -0.1) is 0 Å². The zero-order valence-corrected chi connectivity index (χ0v) is 19.5. The van der Waals surface area contributed by atoms with Crippen LogP contribution in [0.3, 0.4) is 0 Å². The number of unbranched alkanes of at least 4 members (excludes halogenated alkanes) is 2. The average molecular weight is 425 g/mol. The molecule has 4 nitrogen and oxygen atoms in total. The van der Waals surface area contributed by atoms with E-state index in [1.807, 2.05) is 30.3 Å². The number of anilines is 4. The molecule has 0 aliphatic carbocycles. The summed E-state index contributed by atoms with van der Waals surface area (Å²) in [5.74, 6) is 1.80. The van der Waals surface area contributed by atoms with E-state index in [0.717, 1.165) is 34.0 Å². The van der Waals surface area contributed by atoms with Crippen molar-refractivity contribution in [2.75, 3.05) is 9.80 Å². The van der Waals surface area contributed by atoms with E-state index >= 15 is 0 Å². The second-order valence-corrected chi connectivity index (χ2v) is 8.21. The first kappa shape index (κ1) is 21.8. The largest absolute Gasteiger partial charge is 0.302 e. The molecule has 1 atom stereocenters. The molecule has 2 heterocycles. The highest BCUT2D eigenvalue weighted by Gasteiger charge is 2.38. The molecule has 32 heavy (non-hydrogen) atoms. The van der Waals surface area contributed by atoms with Crippen LogP contribution in [0.5, 0.6) is 0 Å². The third kappa shape index (κ3) is 4.18. The zero-order chi connectivity index (χ0) is 22.5. The summed E-state index contributed by atoms with van der Waals surface area (Å²) in [6.07, 6.45) is 4.15. The molecule has 3 aromatic carbocycles. The summed E-state index contributed by atoms with van der Waals surface area (Å²) < 4.78 is 0. The van der Waals surface area contributed by atoms with Gasteiger partial charge in [-0.2, -0.15) is 0 Å². The molecule has 0 bridgehead atoms. The number of nitrogens with zero attached hydrogens (tertiary/aromatic N) is 4. The number of fused-ring (bicyclic) bond motifs is 2. The van der Waals surface area contributed by atoms with Crippen LogP contribution in [0.2, 0.25) is 0 Å². The maximum atomic E-state index is 5.00. The summed E-state index contributed by atoms with van der Waals surface area (Å²) in [7, 11) is 0. The van der Waals surface area contributed by atoms with Crippen LogP contribution in [0.1, 0.15) is 45.6 Å². The fourth-order valence-electron chi connectivity index (χ4n) is 4.20. The molecule has 0 amide bonds. The molecular weight excluding hydrogens is 392 g/mol. The van der Waals surface area contributed by atoms with Gasteiger partial charge in [-0.3, -0.25) is 0 Å². The van der Waals surface area contributed by atoms with E-state index in [-0.39, 0.29) is 6.17 Å².